The van der Waals surface area contributed by atoms with Gasteiger partial charge in [0.1, 0.15) is 0 Å². The third-order valence-electron chi connectivity index (χ3n) is 3.91. The standard InChI is InChI=1S/C19H24N2O/c1-4-21(14-16-10-12-20-13-11-16)19(22)18(15(2)3)17-8-6-5-7-9-17/h5-13,15,18H,4,14H2,1-3H3. The molecule has 0 bridgehead atoms. The average Bonchev–Trinajstić information content (AvgIpc) is 2.54. The molecule has 0 radical (unpaired) electrons. The van der Waals surface area contributed by atoms with Gasteiger partial charge < -0.3 is 4.90 Å². The summed E-state index contributed by atoms with van der Waals surface area (Å²) in [5.74, 6) is 0.366. The molecule has 0 saturated heterocycles. The van der Waals surface area contributed by atoms with Gasteiger partial charge in [-0.2, -0.15) is 0 Å². The SMILES string of the molecule is CCN(Cc1ccncc1)C(=O)C(c1ccccc1)C(C)C. The first-order valence-electron chi connectivity index (χ1n) is 7.86. The first kappa shape index (κ1) is 16.2. The van der Waals surface area contributed by atoms with Crippen LogP contribution in [-0.2, 0) is 11.3 Å². The van der Waals surface area contributed by atoms with Crippen molar-refractivity contribution >= 4 is 5.91 Å². The fourth-order valence-electron chi connectivity index (χ4n) is 2.72. The number of hydrogen-bond donors (Lipinski definition) is 0. The van der Waals surface area contributed by atoms with Gasteiger partial charge in [-0.25, -0.2) is 0 Å². The van der Waals surface area contributed by atoms with Gasteiger partial charge in [0.05, 0.1) is 5.92 Å². The second-order valence-corrected chi connectivity index (χ2v) is 5.84. The van der Waals surface area contributed by atoms with Crippen molar-refractivity contribution in [2.75, 3.05) is 6.54 Å². The van der Waals surface area contributed by atoms with Gasteiger partial charge in [-0.3, -0.25) is 9.78 Å². The molecular weight excluding hydrogens is 272 g/mol. The molecule has 1 amide bonds. The molecule has 0 saturated carbocycles. The molecule has 0 N–H and O–H groups in total. The Kier molecular flexibility index (Phi) is 5.70. The second kappa shape index (κ2) is 7.74. The van der Waals surface area contributed by atoms with Crippen molar-refractivity contribution < 1.29 is 4.79 Å². The molecule has 1 aromatic carbocycles. The molecule has 2 rings (SSSR count). The number of carbonyl (C=O) groups is 1. The van der Waals surface area contributed by atoms with Crippen LogP contribution in [0.3, 0.4) is 0 Å². The second-order valence-electron chi connectivity index (χ2n) is 5.84. The molecule has 3 nitrogen and oxygen atoms in total. The fraction of sp³-hybridized carbons (Fsp3) is 0.368. The van der Waals surface area contributed by atoms with E-state index in [0.717, 1.165) is 11.1 Å². The Hall–Kier alpha value is -2.16. The Morgan fingerprint density at radius 2 is 1.73 bits per heavy atom. The highest BCUT2D eigenvalue weighted by molar-refractivity contribution is 5.84. The molecule has 1 heterocycles. The summed E-state index contributed by atoms with van der Waals surface area (Å²) in [6.07, 6.45) is 3.54. The van der Waals surface area contributed by atoms with Gasteiger partial charge in [0.25, 0.3) is 0 Å². The van der Waals surface area contributed by atoms with Crippen LogP contribution in [0.1, 0.15) is 37.8 Å². The zero-order chi connectivity index (χ0) is 15.9. The van der Waals surface area contributed by atoms with E-state index < -0.39 is 0 Å². The number of carbonyl (C=O) groups excluding carboxylic acids is 1. The highest BCUT2D eigenvalue weighted by Crippen LogP contribution is 2.27. The smallest absolute Gasteiger partial charge is 0.230 e. The summed E-state index contributed by atoms with van der Waals surface area (Å²) in [6.45, 7) is 7.58. The summed E-state index contributed by atoms with van der Waals surface area (Å²) in [5.41, 5.74) is 2.21. The normalized spacial score (nSPS) is 12.2. The first-order valence-corrected chi connectivity index (χ1v) is 7.86. The number of benzene rings is 1. The number of amides is 1. The number of nitrogens with zero attached hydrogens (tertiary/aromatic N) is 2. The Morgan fingerprint density at radius 1 is 1.09 bits per heavy atom. The minimum atomic E-state index is -0.0945. The maximum absolute atomic E-state index is 13.0. The van der Waals surface area contributed by atoms with E-state index in [1.165, 1.54) is 0 Å². The van der Waals surface area contributed by atoms with E-state index in [1.807, 2.05) is 54.3 Å². The highest BCUT2D eigenvalue weighted by Gasteiger charge is 2.27. The Bertz CT molecular complexity index is 581. The minimum Gasteiger partial charge on any atom is -0.338 e. The summed E-state index contributed by atoms with van der Waals surface area (Å²) in [4.78, 5) is 19.0. The van der Waals surface area contributed by atoms with Crippen molar-refractivity contribution in [3.8, 4) is 0 Å². The topological polar surface area (TPSA) is 33.2 Å². The first-order chi connectivity index (χ1) is 10.6. The minimum absolute atomic E-state index is 0.0945. The summed E-state index contributed by atoms with van der Waals surface area (Å²) in [6, 6.07) is 14.0. The van der Waals surface area contributed by atoms with Gasteiger partial charge in [-0.1, -0.05) is 44.2 Å². The van der Waals surface area contributed by atoms with Gasteiger partial charge >= 0.3 is 0 Å². The van der Waals surface area contributed by atoms with E-state index >= 15 is 0 Å². The van der Waals surface area contributed by atoms with E-state index in [0.29, 0.717) is 13.1 Å². The Balaban J connectivity index is 2.21. The number of hydrogen-bond acceptors (Lipinski definition) is 2. The molecular formula is C19H24N2O. The van der Waals surface area contributed by atoms with E-state index in [2.05, 4.69) is 18.8 Å². The largest absolute Gasteiger partial charge is 0.338 e. The van der Waals surface area contributed by atoms with Gasteiger partial charge in [0.2, 0.25) is 5.91 Å². The average molecular weight is 296 g/mol. The van der Waals surface area contributed by atoms with Crippen molar-refractivity contribution in [1.29, 1.82) is 0 Å². The molecule has 0 aliphatic rings. The summed E-state index contributed by atoms with van der Waals surface area (Å²) in [7, 11) is 0. The van der Waals surface area contributed by atoms with Gasteiger partial charge in [-0.05, 0) is 36.1 Å². The van der Waals surface area contributed by atoms with E-state index in [-0.39, 0.29) is 17.7 Å². The van der Waals surface area contributed by atoms with Crippen LogP contribution in [0.4, 0.5) is 0 Å². The number of pyridine rings is 1. The van der Waals surface area contributed by atoms with Crippen molar-refractivity contribution in [3.05, 3.63) is 66.0 Å². The molecule has 3 heteroatoms. The molecule has 0 spiro atoms. The van der Waals surface area contributed by atoms with Crippen LogP contribution in [0.2, 0.25) is 0 Å². The van der Waals surface area contributed by atoms with Crippen molar-refractivity contribution in [2.24, 2.45) is 5.92 Å². The predicted octanol–water partition coefficient (Wildman–Crippen LogP) is 3.87. The lowest BCUT2D eigenvalue weighted by Gasteiger charge is -2.29. The maximum Gasteiger partial charge on any atom is 0.230 e. The molecule has 2 aromatic rings. The molecule has 0 fully saturated rings. The molecule has 0 aliphatic heterocycles. The lowest BCUT2D eigenvalue weighted by molar-refractivity contribution is -0.134. The summed E-state index contributed by atoms with van der Waals surface area (Å²) in [5, 5.41) is 0. The lowest BCUT2D eigenvalue weighted by Crippen LogP contribution is -2.36. The molecule has 22 heavy (non-hydrogen) atoms. The Labute approximate surface area is 133 Å². The van der Waals surface area contributed by atoms with Crippen LogP contribution in [-0.4, -0.2) is 22.3 Å². The molecule has 0 aliphatic carbocycles. The fourth-order valence-corrected chi connectivity index (χ4v) is 2.72. The van der Waals surface area contributed by atoms with Crippen molar-refractivity contribution in [1.82, 2.24) is 9.88 Å². The van der Waals surface area contributed by atoms with Crippen LogP contribution in [0.5, 0.6) is 0 Å². The number of aromatic nitrogens is 1. The van der Waals surface area contributed by atoms with Gasteiger partial charge in [-0.15, -0.1) is 0 Å². The van der Waals surface area contributed by atoms with Crippen LogP contribution >= 0.6 is 0 Å². The third-order valence-corrected chi connectivity index (χ3v) is 3.91. The molecule has 1 atom stereocenters. The maximum atomic E-state index is 13.0. The molecule has 116 valence electrons. The van der Waals surface area contributed by atoms with Crippen LogP contribution < -0.4 is 0 Å². The van der Waals surface area contributed by atoms with Crippen molar-refractivity contribution in [2.45, 2.75) is 33.2 Å². The molecule has 1 unspecified atom stereocenters. The third kappa shape index (κ3) is 3.94. The zero-order valence-electron chi connectivity index (χ0n) is 13.6. The highest BCUT2D eigenvalue weighted by atomic mass is 16.2. The van der Waals surface area contributed by atoms with Gasteiger partial charge in [0.15, 0.2) is 0 Å². The van der Waals surface area contributed by atoms with Crippen molar-refractivity contribution in [3.63, 3.8) is 0 Å². The lowest BCUT2D eigenvalue weighted by atomic mass is 9.87. The summed E-state index contributed by atoms with van der Waals surface area (Å²) < 4.78 is 0. The number of likely N-dealkylation sites (N-methyl/N-ethyl adjacent to an activating group) is 1. The predicted molar refractivity (Wildman–Crippen MR) is 89.3 cm³/mol. The van der Waals surface area contributed by atoms with E-state index in [1.54, 1.807) is 12.4 Å². The van der Waals surface area contributed by atoms with Gasteiger partial charge in [0, 0.05) is 25.5 Å². The monoisotopic (exact) mass is 296 g/mol. The van der Waals surface area contributed by atoms with Crippen LogP contribution in [0.15, 0.2) is 54.9 Å². The molecule has 1 aromatic heterocycles. The van der Waals surface area contributed by atoms with E-state index in [9.17, 15) is 4.79 Å². The number of rotatable bonds is 6. The van der Waals surface area contributed by atoms with E-state index in [4.69, 9.17) is 0 Å². The zero-order valence-corrected chi connectivity index (χ0v) is 13.6. The Morgan fingerprint density at radius 3 is 2.27 bits per heavy atom. The summed E-state index contributed by atoms with van der Waals surface area (Å²) >= 11 is 0. The quantitative estimate of drug-likeness (QED) is 0.810. The van der Waals surface area contributed by atoms with Crippen LogP contribution in [0, 0.1) is 5.92 Å². The van der Waals surface area contributed by atoms with Crippen LogP contribution in [0.25, 0.3) is 0 Å².